The van der Waals surface area contributed by atoms with E-state index in [1.807, 2.05) is 65.0 Å². The molecule has 0 saturated heterocycles. The minimum absolute atomic E-state index is 0.0389. The van der Waals surface area contributed by atoms with Gasteiger partial charge in [0.2, 0.25) is 6.41 Å². The summed E-state index contributed by atoms with van der Waals surface area (Å²) in [7, 11) is -1.04. The normalized spacial score (nSPS) is 12.1. The molecule has 0 bridgehead atoms. The van der Waals surface area contributed by atoms with Crippen LogP contribution in [0.4, 0.5) is 5.69 Å². The predicted molar refractivity (Wildman–Crippen MR) is 151 cm³/mol. The fourth-order valence-corrected chi connectivity index (χ4v) is 4.56. The first-order valence-corrected chi connectivity index (χ1v) is 13.6. The number of hydrogen-bond donors (Lipinski definition) is 1. The number of nitrogens with zero attached hydrogens (tertiary/aromatic N) is 3. The molecule has 7 nitrogen and oxygen atoms in total. The number of fused-ring (bicyclic) bond motifs is 1. The Kier molecular flexibility index (Phi) is 9.21. The molecule has 0 spiro atoms. The molecule has 4 aromatic rings. The molecular formula is C29H36N4O3S. The Hall–Kier alpha value is -3.52. The van der Waals surface area contributed by atoms with E-state index >= 15 is 0 Å². The van der Waals surface area contributed by atoms with Crippen molar-refractivity contribution in [2.45, 2.75) is 70.6 Å². The second-order valence-electron chi connectivity index (χ2n) is 10.00. The van der Waals surface area contributed by atoms with E-state index in [0.29, 0.717) is 6.41 Å². The van der Waals surface area contributed by atoms with Gasteiger partial charge in [0.1, 0.15) is 11.5 Å². The van der Waals surface area contributed by atoms with E-state index in [2.05, 4.69) is 41.4 Å². The van der Waals surface area contributed by atoms with E-state index in [0.717, 1.165) is 45.0 Å². The molecule has 37 heavy (non-hydrogen) atoms. The van der Waals surface area contributed by atoms with Crippen molar-refractivity contribution in [1.29, 1.82) is 0 Å². The predicted octanol–water partition coefficient (Wildman–Crippen LogP) is 6.62. The number of nitrogens with one attached hydrogen (secondary N) is 1. The maximum atomic E-state index is 12.4. The van der Waals surface area contributed by atoms with Crippen LogP contribution in [-0.2, 0) is 27.6 Å². The summed E-state index contributed by atoms with van der Waals surface area (Å²) in [4.78, 5) is 15.3. The summed E-state index contributed by atoms with van der Waals surface area (Å²) in [5, 5.41) is 7.59. The van der Waals surface area contributed by atoms with Crippen LogP contribution in [0.5, 0.6) is 11.5 Å². The molecule has 1 N–H and O–H groups in total. The standard InChI is InChI=1S/C21H23NO2S.C8H13N3O/c1-5-16-6-9-20(15(4)12-16)24-21-10-11-22-19-8-7-17(13-18(19)21)25(23)14(2)3;1-8(2,3)11-5-7(4-10-11)9-6-12/h6-14H,5H2,1-4H3;4-6H,1-3H3,(H,9,12). The Bertz CT molecular complexity index is 1390. The van der Waals surface area contributed by atoms with Crippen molar-refractivity contribution in [3.8, 4) is 11.5 Å². The van der Waals surface area contributed by atoms with Crippen LogP contribution in [0.15, 0.2) is 66.0 Å². The molecule has 8 heteroatoms. The summed E-state index contributed by atoms with van der Waals surface area (Å²) in [6.07, 6.45) is 6.81. The topological polar surface area (TPSA) is 86.1 Å². The molecule has 2 aromatic heterocycles. The first-order chi connectivity index (χ1) is 17.5. The van der Waals surface area contributed by atoms with E-state index in [1.54, 1.807) is 23.3 Å². The molecular weight excluding hydrogens is 484 g/mol. The van der Waals surface area contributed by atoms with Gasteiger partial charge in [-0.05, 0) is 75.6 Å². The van der Waals surface area contributed by atoms with E-state index in [9.17, 15) is 9.00 Å². The molecule has 0 saturated carbocycles. The maximum absolute atomic E-state index is 12.4. The first kappa shape index (κ1) is 28.1. The minimum Gasteiger partial charge on any atom is -0.456 e. The number of amides is 1. The summed E-state index contributed by atoms with van der Waals surface area (Å²) < 4.78 is 20.4. The quantitative estimate of drug-likeness (QED) is 0.277. The Morgan fingerprint density at radius 1 is 1.11 bits per heavy atom. The monoisotopic (exact) mass is 520 g/mol. The smallest absolute Gasteiger partial charge is 0.211 e. The van der Waals surface area contributed by atoms with Gasteiger partial charge < -0.3 is 10.1 Å². The molecule has 0 fully saturated rings. The van der Waals surface area contributed by atoms with Gasteiger partial charge >= 0.3 is 0 Å². The largest absolute Gasteiger partial charge is 0.456 e. The van der Waals surface area contributed by atoms with Crippen LogP contribution >= 0.6 is 0 Å². The van der Waals surface area contributed by atoms with Crippen LogP contribution in [0, 0.1) is 6.92 Å². The second kappa shape index (κ2) is 12.1. The van der Waals surface area contributed by atoms with Crippen LogP contribution in [-0.4, -0.2) is 30.6 Å². The number of carbonyl (C=O) groups is 1. The summed E-state index contributed by atoms with van der Waals surface area (Å²) in [6, 6.07) is 13.8. The zero-order valence-electron chi connectivity index (χ0n) is 22.6. The summed E-state index contributed by atoms with van der Waals surface area (Å²) in [5.74, 6) is 1.57. The van der Waals surface area contributed by atoms with Crippen LogP contribution in [0.25, 0.3) is 10.9 Å². The highest BCUT2D eigenvalue weighted by molar-refractivity contribution is 7.85. The van der Waals surface area contributed by atoms with Gasteiger partial charge in [-0.15, -0.1) is 0 Å². The third-order valence-corrected chi connectivity index (χ3v) is 7.27. The van der Waals surface area contributed by atoms with Gasteiger partial charge in [0.05, 0.1) is 33.7 Å². The molecule has 0 aliphatic rings. The van der Waals surface area contributed by atoms with Crippen LogP contribution < -0.4 is 10.1 Å². The SMILES string of the molecule is CC(C)(C)n1cc(NC=O)cn1.CCc1ccc(Oc2ccnc3ccc(S(=O)C(C)C)cc23)c(C)c1. The molecule has 196 valence electrons. The lowest BCUT2D eigenvalue weighted by Crippen LogP contribution is -2.21. The number of carbonyl (C=O) groups excluding carboxylic acids is 1. The average molecular weight is 521 g/mol. The molecule has 0 aliphatic heterocycles. The van der Waals surface area contributed by atoms with Gasteiger partial charge in [0, 0.05) is 27.9 Å². The zero-order chi connectivity index (χ0) is 27.2. The fourth-order valence-electron chi connectivity index (χ4n) is 3.58. The number of anilines is 1. The Morgan fingerprint density at radius 3 is 2.46 bits per heavy atom. The number of aryl methyl sites for hydroxylation is 2. The van der Waals surface area contributed by atoms with Crippen molar-refractivity contribution >= 4 is 33.8 Å². The van der Waals surface area contributed by atoms with E-state index < -0.39 is 10.8 Å². The van der Waals surface area contributed by atoms with E-state index in [-0.39, 0.29) is 10.8 Å². The van der Waals surface area contributed by atoms with Crippen molar-refractivity contribution in [1.82, 2.24) is 14.8 Å². The van der Waals surface area contributed by atoms with Gasteiger partial charge in [-0.3, -0.25) is 18.7 Å². The lowest BCUT2D eigenvalue weighted by molar-refractivity contribution is -0.105. The van der Waals surface area contributed by atoms with Crippen LogP contribution in [0.3, 0.4) is 0 Å². The van der Waals surface area contributed by atoms with Crippen LogP contribution in [0.1, 0.15) is 52.7 Å². The number of pyridine rings is 1. The molecule has 2 heterocycles. The van der Waals surface area contributed by atoms with Crippen molar-refractivity contribution in [2.24, 2.45) is 0 Å². The molecule has 0 aliphatic carbocycles. The minimum atomic E-state index is -1.04. The first-order valence-electron chi connectivity index (χ1n) is 12.4. The lowest BCUT2D eigenvalue weighted by Gasteiger charge is -2.18. The highest BCUT2D eigenvalue weighted by Gasteiger charge is 2.14. The Labute approximate surface area is 221 Å². The number of benzene rings is 2. The number of aromatic nitrogens is 3. The maximum Gasteiger partial charge on any atom is 0.211 e. The van der Waals surface area contributed by atoms with Crippen molar-refractivity contribution < 1.29 is 13.7 Å². The second-order valence-corrected chi connectivity index (χ2v) is 12.0. The zero-order valence-corrected chi connectivity index (χ0v) is 23.4. The van der Waals surface area contributed by atoms with E-state index in [1.165, 1.54) is 5.56 Å². The number of hydrogen-bond acceptors (Lipinski definition) is 5. The van der Waals surface area contributed by atoms with Gasteiger partial charge in [-0.2, -0.15) is 5.10 Å². The van der Waals surface area contributed by atoms with Crippen LogP contribution in [0.2, 0.25) is 0 Å². The van der Waals surface area contributed by atoms with Gasteiger partial charge in [0.15, 0.2) is 0 Å². The van der Waals surface area contributed by atoms with E-state index in [4.69, 9.17) is 4.74 Å². The lowest BCUT2D eigenvalue weighted by atomic mass is 10.1. The summed E-state index contributed by atoms with van der Waals surface area (Å²) in [5.41, 5.74) is 3.91. The summed E-state index contributed by atoms with van der Waals surface area (Å²) in [6.45, 7) is 14.2. The van der Waals surface area contributed by atoms with Gasteiger partial charge in [-0.1, -0.05) is 32.9 Å². The van der Waals surface area contributed by atoms with Crippen molar-refractivity contribution in [2.75, 3.05) is 5.32 Å². The molecule has 2 aromatic carbocycles. The van der Waals surface area contributed by atoms with Gasteiger partial charge in [0.25, 0.3) is 0 Å². The average Bonchev–Trinajstić information content (AvgIpc) is 3.35. The molecule has 1 unspecified atom stereocenters. The number of rotatable bonds is 7. The number of ether oxygens (including phenoxy) is 1. The molecule has 1 atom stereocenters. The third kappa shape index (κ3) is 7.26. The Morgan fingerprint density at radius 2 is 1.86 bits per heavy atom. The van der Waals surface area contributed by atoms with Crippen molar-refractivity contribution in [3.63, 3.8) is 0 Å². The Balaban J connectivity index is 0.000000266. The highest BCUT2D eigenvalue weighted by Crippen LogP contribution is 2.32. The third-order valence-electron chi connectivity index (χ3n) is 5.70. The molecule has 1 amide bonds. The highest BCUT2D eigenvalue weighted by atomic mass is 32.2. The summed E-state index contributed by atoms with van der Waals surface area (Å²) >= 11 is 0. The fraction of sp³-hybridized carbons (Fsp3) is 0.345. The molecule has 0 radical (unpaired) electrons. The van der Waals surface area contributed by atoms with Crippen molar-refractivity contribution in [3.05, 3.63) is 72.2 Å². The molecule has 4 rings (SSSR count). The van der Waals surface area contributed by atoms with Gasteiger partial charge in [-0.25, -0.2) is 0 Å².